The highest BCUT2D eigenvalue weighted by atomic mass is 32.2. The van der Waals surface area contributed by atoms with Crippen molar-refractivity contribution in [1.29, 1.82) is 0 Å². The van der Waals surface area contributed by atoms with Crippen LogP contribution in [0.3, 0.4) is 0 Å². The normalized spacial score (nSPS) is 12.1. The maximum atomic E-state index is 3.65. The van der Waals surface area contributed by atoms with Gasteiger partial charge in [0.05, 0.1) is 0 Å². The Morgan fingerprint density at radius 3 is 2.57 bits per heavy atom. The maximum absolute atomic E-state index is 3.65. The first kappa shape index (κ1) is 7.09. The summed E-state index contributed by atoms with van der Waals surface area (Å²) in [4.78, 5) is 0. The standard InChI is InChI=1S/C6H11S/c1-4-6(2)5-7-3/h4H,3,5H2,1-2H3. The molecule has 0 N–H and O–H groups in total. The van der Waals surface area contributed by atoms with E-state index in [0.29, 0.717) is 0 Å². The van der Waals surface area contributed by atoms with Crippen LogP contribution in [0.5, 0.6) is 0 Å². The fourth-order valence-electron chi connectivity index (χ4n) is 0.244. The van der Waals surface area contributed by atoms with Crippen LogP contribution >= 0.6 is 11.8 Å². The van der Waals surface area contributed by atoms with E-state index in [1.807, 2.05) is 6.92 Å². The van der Waals surface area contributed by atoms with Crippen LogP contribution in [-0.2, 0) is 0 Å². The van der Waals surface area contributed by atoms with Gasteiger partial charge >= 0.3 is 0 Å². The largest absolute Gasteiger partial charge is 0.157 e. The summed E-state index contributed by atoms with van der Waals surface area (Å²) in [5, 5.41) is 0. The molecule has 41 valence electrons. The van der Waals surface area contributed by atoms with E-state index < -0.39 is 0 Å². The Morgan fingerprint density at radius 1 is 1.86 bits per heavy atom. The van der Waals surface area contributed by atoms with Crippen LogP contribution in [0, 0.1) is 6.26 Å². The molecule has 0 nitrogen and oxygen atoms in total. The average molecular weight is 115 g/mol. The molecular formula is C6H11S. The molecule has 0 saturated carbocycles. The van der Waals surface area contributed by atoms with Crippen LogP contribution in [0.4, 0.5) is 0 Å². The number of thioether (sulfide) groups is 1. The lowest BCUT2D eigenvalue weighted by atomic mass is 10.3. The maximum Gasteiger partial charge on any atom is 0.0140 e. The molecule has 0 atom stereocenters. The van der Waals surface area contributed by atoms with E-state index in [2.05, 4.69) is 19.3 Å². The zero-order chi connectivity index (χ0) is 5.70. The van der Waals surface area contributed by atoms with Crippen molar-refractivity contribution in [3.8, 4) is 0 Å². The number of hydrogen-bond acceptors (Lipinski definition) is 1. The Morgan fingerprint density at radius 2 is 2.43 bits per heavy atom. The van der Waals surface area contributed by atoms with Gasteiger partial charge in [-0.05, 0) is 13.8 Å². The van der Waals surface area contributed by atoms with E-state index in [1.54, 1.807) is 11.8 Å². The lowest BCUT2D eigenvalue weighted by Crippen LogP contribution is -1.74. The van der Waals surface area contributed by atoms with Gasteiger partial charge in [0.15, 0.2) is 0 Å². The van der Waals surface area contributed by atoms with Crippen molar-refractivity contribution in [2.24, 2.45) is 0 Å². The van der Waals surface area contributed by atoms with Crippen LogP contribution in [0.25, 0.3) is 0 Å². The van der Waals surface area contributed by atoms with Crippen molar-refractivity contribution in [1.82, 2.24) is 0 Å². The first-order chi connectivity index (χ1) is 3.31. The monoisotopic (exact) mass is 115 g/mol. The van der Waals surface area contributed by atoms with Crippen molar-refractivity contribution >= 4 is 11.8 Å². The first-order valence-corrected chi connectivity index (χ1v) is 3.45. The smallest absolute Gasteiger partial charge is 0.0140 e. The van der Waals surface area contributed by atoms with Gasteiger partial charge in [0, 0.05) is 12.0 Å². The summed E-state index contributed by atoms with van der Waals surface area (Å²) < 4.78 is 0. The molecule has 1 radical (unpaired) electrons. The molecule has 0 unspecified atom stereocenters. The van der Waals surface area contributed by atoms with E-state index >= 15 is 0 Å². The van der Waals surface area contributed by atoms with Crippen LogP contribution in [0.1, 0.15) is 13.8 Å². The predicted molar refractivity (Wildman–Crippen MR) is 37.2 cm³/mol. The molecule has 0 amide bonds. The lowest BCUT2D eigenvalue weighted by Gasteiger charge is -1.90. The van der Waals surface area contributed by atoms with Gasteiger partial charge in [-0.3, -0.25) is 0 Å². The zero-order valence-electron chi connectivity index (χ0n) is 4.90. The summed E-state index contributed by atoms with van der Waals surface area (Å²) in [5.41, 5.74) is 1.40. The van der Waals surface area contributed by atoms with E-state index in [1.165, 1.54) is 5.57 Å². The molecule has 0 aliphatic heterocycles. The lowest BCUT2D eigenvalue weighted by molar-refractivity contribution is 1.38. The van der Waals surface area contributed by atoms with Gasteiger partial charge in [-0.1, -0.05) is 11.6 Å². The summed E-state index contributed by atoms with van der Waals surface area (Å²) in [6, 6.07) is 0. The Kier molecular flexibility index (Phi) is 4.31. The van der Waals surface area contributed by atoms with Crippen molar-refractivity contribution in [3.05, 3.63) is 17.9 Å². The highest BCUT2D eigenvalue weighted by Gasteiger charge is 1.80. The summed E-state index contributed by atoms with van der Waals surface area (Å²) in [7, 11) is 0. The van der Waals surface area contributed by atoms with Crippen molar-refractivity contribution in [3.63, 3.8) is 0 Å². The van der Waals surface area contributed by atoms with Gasteiger partial charge in [0.25, 0.3) is 0 Å². The van der Waals surface area contributed by atoms with Crippen molar-refractivity contribution < 1.29 is 0 Å². The molecule has 0 aliphatic rings. The van der Waals surface area contributed by atoms with E-state index in [4.69, 9.17) is 0 Å². The first-order valence-electron chi connectivity index (χ1n) is 2.30. The average Bonchev–Trinajstić information content (AvgIpc) is 1.68. The molecule has 7 heavy (non-hydrogen) atoms. The molecule has 0 spiro atoms. The quantitative estimate of drug-likeness (QED) is 0.498. The molecule has 0 aromatic rings. The molecule has 0 rings (SSSR count). The summed E-state index contributed by atoms with van der Waals surface area (Å²) in [5.74, 6) is 1.07. The van der Waals surface area contributed by atoms with E-state index in [9.17, 15) is 0 Å². The summed E-state index contributed by atoms with van der Waals surface area (Å²) >= 11 is 1.62. The molecule has 0 heterocycles. The molecule has 0 aliphatic carbocycles. The molecular weight excluding hydrogens is 104 g/mol. The van der Waals surface area contributed by atoms with Gasteiger partial charge in [0.2, 0.25) is 0 Å². The molecule has 0 saturated heterocycles. The summed E-state index contributed by atoms with van der Waals surface area (Å²) in [6.07, 6.45) is 5.76. The highest BCUT2D eigenvalue weighted by molar-refractivity contribution is 8.00. The second kappa shape index (κ2) is 4.25. The highest BCUT2D eigenvalue weighted by Crippen LogP contribution is 2.02. The van der Waals surface area contributed by atoms with Crippen LogP contribution in [0.15, 0.2) is 11.6 Å². The van der Waals surface area contributed by atoms with Gasteiger partial charge in [0.1, 0.15) is 0 Å². The van der Waals surface area contributed by atoms with Gasteiger partial charge in [-0.15, -0.1) is 0 Å². The van der Waals surface area contributed by atoms with E-state index in [-0.39, 0.29) is 0 Å². The molecule has 0 aromatic heterocycles. The van der Waals surface area contributed by atoms with Crippen LogP contribution in [-0.4, -0.2) is 5.75 Å². The molecule has 0 fully saturated rings. The zero-order valence-corrected chi connectivity index (χ0v) is 5.72. The Bertz CT molecular complexity index is 64.6. The molecule has 0 bridgehead atoms. The summed E-state index contributed by atoms with van der Waals surface area (Å²) in [6.45, 7) is 4.16. The minimum Gasteiger partial charge on any atom is -0.157 e. The van der Waals surface area contributed by atoms with Gasteiger partial charge in [-0.2, -0.15) is 11.8 Å². The van der Waals surface area contributed by atoms with Crippen LogP contribution < -0.4 is 0 Å². The number of allylic oxidation sites excluding steroid dienone is 1. The van der Waals surface area contributed by atoms with E-state index in [0.717, 1.165) is 5.75 Å². The third kappa shape index (κ3) is 3.93. The Balaban J connectivity index is 3.17. The van der Waals surface area contributed by atoms with Gasteiger partial charge in [-0.25, -0.2) is 0 Å². The molecule has 1 heteroatoms. The molecule has 0 aromatic carbocycles. The van der Waals surface area contributed by atoms with Crippen molar-refractivity contribution in [2.75, 3.05) is 5.75 Å². The SMILES string of the molecule is [CH2]SCC(C)=CC. The predicted octanol–water partition coefficient (Wildman–Crippen LogP) is 2.48. The second-order valence-electron chi connectivity index (χ2n) is 1.48. The third-order valence-electron chi connectivity index (χ3n) is 0.823. The minimum atomic E-state index is 1.07. The second-order valence-corrected chi connectivity index (χ2v) is 2.18. The fourth-order valence-corrected chi connectivity index (χ4v) is 0.733. The van der Waals surface area contributed by atoms with Crippen LogP contribution in [0.2, 0.25) is 0 Å². The number of rotatable bonds is 2. The Hall–Kier alpha value is 0.0900. The fraction of sp³-hybridized carbons (Fsp3) is 0.500. The van der Waals surface area contributed by atoms with Gasteiger partial charge < -0.3 is 0 Å². The third-order valence-corrected chi connectivity index (χ3v) is 1.48. The van der Waals surface area contributed by atoms with Crippen molar-refractivity contribution in [2.45, 2.75) is 13.8 Å². The number of hydrogen-bond donors (Lipinski definition) is 0. The minimum absolute atomic E-state index is 1.07. The topological polar surface area (TPSA) is 0 Å². The Labute approximate surface area is 50.0 Å².